The van der Waals surface area contributed by atoms with Crippen LogP contribution in [0.3, 0.4) is 0 Å². The van der Waals surface area contributed by atoms with Crippen LogP contribution in [0.5, 0.6) is 0 Å². The van der Waals surface area contributed by atoms with Crippen molar-refractivity contribution < 1.29 is 9.59 Å². The van der Waals surface area contributed by atoms with Crippen LogP contribution < -0.4 is 11.1 Å². The lowest BCUT2D eigenvalue weighted by Gasteiger charge is -2.16. The van der Waals surface area contributed by atoms with E-state index in [0.717, 1.165) is 0 Å². The Balaban J connectivity index is 2.74. The Morgan fingerprint density at radius 3 is 2.67 bits per heavy atom. The Kier molecular flexibility index (Phi) is 4.97. The number of nitrogens with zero attached hydrogens (tertiary/aromatic N) is 1. The third kappa shape index (κ3) is 3.63. The monoisotopic (exact) mass is 269 g/mol. The molecule has 18 heavy (non-hydrogen) atoms. The molecule has 0 saturated carbocycles. The minimum Gasteiger partial charge on any atom is -0.398 e. The van der Waals surface area contributed by atoms with Crippen molar-refractivity contribution in [3.05, 3.63) is 28.8 Å². The van der Waals surface area contributed by atoms with E-state index in [1.54, 1.807) is 19.2 Å². The number of benzene rings is 1. The zero-order chi connectivity index (χ0) is 13.7. The van der Waals surface area contributed by atoms with Gasteiger partial charge in [-0.15, -0.1) is 0 Å². The molecule has 6 heteroatoms. The minimum atomic E-state index is -0.275. The van der Waals surface area contributed by atoms with Crippen molar-refractivity contribution >= 4 is 29.1 Å². The first-order chi connectivity index (χ1) is 8.45. The first-order valence-electron chi connectivity index (χ1n) is 5.53. The summed E-state index contributed by atoms with van der Waals surface area (Å²) in [7, 11) is 1.56. The molecule has 0 atom stereocenters. The number of amides is 2. The van der Waals surface area contributed by atoms with Gasteiger partial charge in [-0.25, -0.2) is 0 Å². The number of nitrogens with one attached hydrogen (secondary N) is 1. The number of carbonyl (C=O) groups is 2. The summed E-state index contributed by atoms with van der Waals surface area (Å²) in [5, 5.41) is 2.95. The van der Waals surface area contributed by atoms with Crippen LogP contribution in [-0.2, 0) is 4.79 Å². The van der Waals surface area contributed by atoms with E-state index in [4.69, 9.17) is 17.3 Å². The molecule has 0 spiro atoms. The highest BCUT2D eigenvalue weighted by atomic mass is 35.5. The van der Waals surface area contributed by atoms with E-state index >= 15 is 0 Å². The second kappa shape index (κ2) is 6.26. The largest absolute Gasteiger partial charge is 0.398 e. The minimum absolute atomic E-state index is 0.00860. The van der Waals surface area contributed by atoms with Crippen LogP contribution in [0.4, 0.5) is 5.69 Å². The highest BCUT2D eigenvalue weighted by molar-refractivity contribution is 6.33. The maximum atomic E-state index is 12.0. The van der Waals surface area contributed by atoms with Crippen molar-refractivity contribution in [3.63, 3.8) is 0 Å². The lowest BCUT2D eigenvalue weighted by Crippen LogP contribution is -2.38. The lowest BCUT2D eigenvalue weighted by atomic mass is 10.2. The second-order valence-corrected chi connectivity index (χ2v) is 4.26. The fraction of sp³-hybridized carbons (Fsp3) is 0.333. The van der Waals surface area contributed by atoms with Crippen LogP contribution in [0.2, 0.25) is 5.02 Å². The van der Waals surface area contributed by atoms with Gasteiger partial charge in [-0.05, 0) is 25.1 Å². The van der Waals surface area contributed by atoms with Crippen molar-refractivity contribution in [2.75, 3.05) is 25.9 Å². The van der Waals surface area contributed by atoms with Gasteiger partial charge >= 0.3 is 0 Å². The third-order valence-corrected chi connectivity index (χ3v) is 2.68. The van der Waals surface area contributed by atoms with Crippen LogP contribution in [0.1, 0.15) is 17.3 Å². The summed E-state index contributed by atoms with van der Waals surface area (Å²) in [6.45, 7) is 2.36. The van der Waals surface area contributed by atoms with Gasteiger partial charge in [-0.1, -0.05) is 11.6 Å². The van der Waals surface area contributed by atoms with Crippen molar-refractivity contribution in [2.45, 2.75) is 6.92 Å². The van der Waals surface area contributed by atoms with Gasteiger partial charge in [0.1, 0.15) is 0 Å². The molecule has 2 amide bonds. The predicted molar refractivity (Wildman–Crippen MR) is 71.5 cm³/mol. The van der Waals surface area contributed by atoms with Crippen LogP contribution >= 0.6 is 11.6 Å². The van der Waals surface area contributed by atoms with Crippen molar-refractivity contribution in [1.29, 1.82) is 0 Å². The highest BCUT2D eigenvalue weighted by Gasteiger charge is 2.15. The molecule has 0 radical (unpaired) electrons. The van der Waals surface area contributed by atoms with E-state index in [9.17, 15) is 9.59 Å². The Labute approximate surface area is 111 Å². The van der Waals surface area contributed by atoms with Gasteiger partial charge in [0.25, 0.3) is 5.91 Å². The first-order valence-corrected chi connectivity index (χ1v) is 5.90. The number of nitrogen functional groups attached to an aromatic ring is 1. The zero-order valence-electron chi connectivity index (χ0n) is 10.4. The maximum absolute atomic E-state index is 12.0. The molecule has 5 nitrogen and oxygen atoms in total. The standard InChI is InChI=1S/C12H16ClN3O2/c1-3-15-11(17)7-16(2)12(18)8-4-5-10(14)9(13)6-8/h4-6H,3,7,14H2,1-2H3,(H,15,17). The summed E-state index contributed by atoms with van der Waals surface area (Å²) in [4.78, 5) is 24.7. The van der Waals surface area contributed by atoms with E-state index in [2.05, 4.69) is 5.32 Å². The number of halogens is 1. The number of hydrogen-bond acceptors (Lipinski definition) is 3. The summed E-state index contributed by atoms with van der Waals surface area (Å²) in [6.07, 6.45) is 0. The number of likely N-dealkylation sites (N-methyl/N-ethyl adjacent to an activating group) is 2. The summed E-state index contributed by atoms with van der Waals surface area (Å²) in [5.74, 6) is -0.474. The number of hydrogen-bond donors (Lipinski definition) is 2. The quantitative estimate of drug-likeness (QED) is 0.805. The van der Waals surface area contributed by atoms with E-state index in [0.29, 0.717) is 22.8 Å². The molecular weight excluding hydrogens is 254 g/mol. The van der Waals surface area contributed by atoms with Gasteiger partial charge in [0.2, 0.25) is 5.91 Å². The van der Waals surface area contributed by atoms with Crippen molar-refractivity contribution in [1.82, 2.24) is 10.2 Å². The zero-order valence-corrected chi connectivity index (χ0v) is 11.1. The fourth-order valence-electron chi connectivity index (χ4n) is 1.42. The van der Waals surface area contributed by atoms with Gasteiger partial charge in [-0.3, -0.25) is 9.59 Å². The summed E-state index contributed by atoms with van der Waals surface area (Å²) < 4.78 is 0. The van der Waals surface area contributed by atoms with Crippen LogP contribution in [0, 0.1) is 0 Å². The Morgan fingerprint density at radius 1 is 1.44 bits per heavy atom. The third-order valence-electron chi connectivity index (χ3n) is 2.35. The van der Waals surface area contributed by atoms with Gasteiger partial charge in [-0.2, -0.15) is 0 Å². The number of anilines is 1. The molecule has 1 aromatic carbocycles. The molecule has 0 aliphatic carbocycles. The molecule has 0 fully saturated rings. The molecule has 1 aromatic rings. The van der Waals surface area contributed by atoms with E-state index in [1.807, 2.05) is 6.92 Å². The molecule has 0 aliphatic heterocycles. The molecule has 3 N–H and O–H groups in total. The molecular formula is C12H16ClN3O2. The molecule has 0 saturated heterocycles. The SMILES string of the molecule is CCNC(=O)CN(C)C(=O)c1ccc(N)c(Cl)c1. The molecule has 0 heterocycles. The Bertz CT molecular complexity index is 463. The first kappa shape index (κ1) is 14.3. The molecule has 0 aliphatic rings. The molecule has 0 unspecified atom stereocenters. The van der Waals surface area contributed by atoms with Gasteiger partial charge in [0.15, 0.2) is 0 Å². The summed E-state index contributed by atoms with van der Waals surface area (Å²) in [5.41, 5.74) is 6.38. The van der Waals surface area contributed by atoms with Crippen LogP contribution in [0.15, 0.2) is 18.2 Å². The normalized spacial score (nSPS) is 9.94. The van der Waals surface area contributed by atoms with Crippen LogP contribution in [0.25, 0.3) is 0 Å². The number of rotatable bonds is 4. The predicted octanol–water partition coefficient (Wildman–Crippen LogP) is 1.13. The highest BCUT2D eigenvalue weighted by Crippen LogP contribution is 2.20. The second-order valence-electron chi connectivity index (χ2n) is 3.85. The maximum Gasteiger partial charge on any atom is 0.254 e. The van der Waals surface area contributed by atoms with E-state index in [-0.39, 0.29) is 18.4 Å². The average Bonchev–Trinajstić information content (AvgIpc) is 2.32. The van der Waals surface area contributed by atoms with Crippen LogP contribution in [-0.4, -0.2) is 36.9 Å². The molecule has 98 valence electrons. The van der Waals surface area contributed by atoms with Gasteiger partial charge in [0.05, 0.1) is 17.3 Å². The summed E-state index contributed by atoms with van der Waals surface area (Å²) >= 11 is 5.84. The Morgan fingerprint density at radius 2 is 2.11 bits per heavy atom. The lowest BCUT2D eigenvalue weighted by molar-refractivity contribution is -0.121. The van der Waals surface area contributed by atoms with Crippen molar-refractivity contribution in [2.24, 2.45) is 0 Å². The molecule has 0 aromatic heterocycles. The van der Waals surface area contributed by atoms with E-state index < -0.39 is 0 Å². The van der Waals surface area contributed by atoms with Crippen molar-refractivity contribution in [3.8, 4) is 0 Å². The molecule has 1 rings (SSSR count). The average molecular weight is 270 g/mol. The topological polar surface area (TPSA) is 75.4 Å². The van der Waals surface area contributed by atoms with Gasteiger partial charge in [0, 0.05) is 19.2 Å². The number of carbonyl (C=O) groups excluding carboxylic acids is 2. The summed E-state index contributed by atoms with van der Waals surface area (Å²) in [6, 6.07) is 4.64. The smallest absolute Gasteiger partial charge is 0.254 e. The fourth-order valence-corrected chi connectivity index (χ4v) is 1.60. The number of nitrogens with two attached hydrogens (primary N) is 1. The molecule has 0 bridgehead atoms. The van der Waals surface area contributed by atoms with Gasteiger partial charge < -0.3 is 16.0 Å². The van der Waals surface area contributed by atoms with E-state index in [1.165, 1.54) is 11.0 Å². The Hall–Kier alpha value is -1.75.